The maximum atomic E-state index is 13.1. The van der Waals surface area contributed by atoms with E-state index in [0.717, 1.165) is 12.8 Å². The fourth-order valence-corrected chi connectivity index (χ4v) is 3.03. The molecule has 1 aliphatic rings. The van der Waals surface area contributed by atoms with Crippen molar-refractivity contribution >= 4 is 5.97 Å². The smallest absolute Gasteiger partial charge is 0.435 e. The summed E-state index contributed by atoms with van der Waals surface area (Å²) in [5.74, 6) is -0.573. The minimum Gasteiger partial charge on any atom is -0.492 e. The fourth-order valence-electron chi connectivity index (χ4n) is 3.03. The lowest BCUT2D eigenvalue weighted by molar-refractivity contribution is -0.142. The number of aromatic nitrogens is 2. The highest BCUT2D eigenvalue weighted by molar-refractivity contribution is 5.87. The van der Waals surface area contributed by atoms with Gasteiger partial charge in [-0.15, -0.1) is 0 Å². The van der Waals surface area contributed by atoms with Gasteiger partial charge in [0.2, 0.25) is 0 Å². The average Bonchev–Trinajstić information content (AvgIpc) is 2.95. The Bertz CT molecular complexity index is 767. The number of carboxylic acid groups (broad SMARTS) is 1. The summed E-state index contributed by atoms with van der Waals surface area (Å²) in [4.78, 5) is 10.8. The highest BCUT2D eigenvalue weighted by Crippen LogP contribution is 2.35. The molecule has 1 N–H and O–H groups in total. The van der Waals surface area contributed by atoms with Crippen LogP contribution >= 0.6 is 0 Å². The summed E-state index contributed by atoms with van der Waals surface area (Å²) in [5.41, 5.74) is 0.310. The molecule has 0 saturated carbocycles. The topological polar surface area (TPSA) is 64.3 Å². The molecule has 1 aliphatic carbocycles. The van der Waals surface area contributed by atoms with Crippen LogP contribution in [0.4, 0.5) is 13.2 Å². The normalized spacial score (nSPS) is 14.2. The highest BCUT2D eigenvalue weighted by Gasteiger charge is 2.39. The molecule has 3 rings (SSSR count). The van der Waals surface area contributed by atoms with Gasteiger partial charge >= 0.3 is 12.1 Å². The van der Waals surface area contributed by atoms with Gasteiger partial charge in [-0.05, 0) is 49.9 Å². The van der Waals surface area contributed by atoms with Crippen LogP contribution in [0.5, 0.6) is 5.75 Å². The molecule has 25 heavy (non-hydrogen) atoms. The zero-order valence-electron chi connectivity index (χ0n) is 13.3. The van der Waals surface area contributed by atoms with E-state index in [2.05, 4.69) is 5.10 Å². The number of nitrogens with zero attached hydrogens (tertiary/aromatic N) is 2. The van der Waals surface area contributed by atoms with Gasteiger partial charge in [-0.3, -0.25) is 4.68 Å². The summed E-state index contributed by atoms with van der Waals surface area (Å²) in [6, 6.07) is 5.86. The third-order valence-electron chi connectivity index (χ3n) is 4.20. The molecule has 0 amide bonds. The Labute approximate surface area is 142 Å². The van der Waals surface area contributed by atoms with E-state index in [-0.39, 0.29) is 18.7 Å². The second-order valence-electron chi connectivity index (χ2n) is 5.88. The molecule has 0 radical (unpaired) electrons. The van der Waals surface area contributed by atoms with Crippen molar-refractivity contribution in [2.75, 3.05) is 6.61 Å². The van der Waals surface area contributed by atoms with Gasteiger partial charge in [-0.1, -0.05) is 0 Å². The minimum atomic E-state index is -4.44. The summed E-state index contributed by atoms with van der Waals surface area (Å²) in [7, 11) is 0. The number of hydrogen-bond donors (Lipinski definition) is 1. The van der Waals surface area contributed by atoms with Gasteiger partial charge in [0.1, 0.15) is 12.4 Å². The Morgan fingerprint density at radius 2 is 1.88 bits per heavy atom. The molecule has 1 aromatic carbocycles. The number of hydrogen-bond acceptors (Lipinski definition) is 3. The van der Waals surface area contributed by atoms with Crippen LogP contribution < -0.4 is 4.74 Å². The largest absolute Gasteiger partial charge is 0.492 e. The third-order valence-corrected chi connectivity index (χ3v) is 4.20. The number of fused-ring (bicyclic) bond motifs is 1. The number of halogens is 3. The lowest BCUT2D eigenvalue weighted by atomic mass is 9.95. The number of rotatable bonds is 5. The van der Waals surface area contributed by atoms with E-state index in [1.807, 2.05) is 0 Å². The summed E-state index contributed by atoms with van der Waals surface area (Å²) >= 11 is 0. The van der Waals surface area contributed by atoms with Crippen LogP contribution in [-0.2, 0) is 25.6 Å². The molecule has 0 aliphatic heterocycles. The van der Waals surface area contributed by atoms with Crippen molar-refractivity contribution in [2.24, 2.45) is 0 Å². The number of ether oxygens (including phenoxy) is 1. The maximum Gasteiger partial charge on any atom is 0.435 e. The van der Waals surface area contributed by atoms with Crippen molar-refractivity contribution < 1.29 is 27.8 Å². The van der Waals surface area contributed by atoms with Crippen LogP contribution in [0.3, 0.4) is 0 Å². The van der Waals surface area contributed by atoms with Gasteiger partial charge in [0.05, 0.1) is 12.1 Å². The number of benzene rings is 1. The summed E-state index contributed by atoms with van der Waals surface area (Å²) in [6.45, 7) is 0.358. The van der Waals surface area contributed by atoms with Gasteiger partial charge < -0.3 is 9.84 Å². The minimum absolute atomic E-state index is 0.142. The molecular weight excluding hydrogens is 337 g/mol. The van der Waals surface area contributed by atoms with Crippen LogP contribution in [0.25, 0.3) is 0 Å². The third kappa shape index (κ3) is 3.78. The van der Waals surface area contributed by atoms with Gasteiger partial charge in [-0.2, -0.15) is 18.3 Å². The van der Waals surface area contributed by atoms with Crippen molar-refractivity contribution in [3.8, 4) is 5.75 Å². The van der Waals surface area contributed by atoms with Crippen molar-refractivity contribution in [2.45, 2.75) is 38.4 Å². The lowest BCUT2D eigenvalue weighted by Gasteiger charge is -2.15. The Kier molecular flexibility index (Phi) is 4.69. The number of carboxylic acids is 1. The Balaban J connectivity index is 1.69. The number of aromatic carboxylic acids is 1. The van der Waals surface area contributed by atoms with Crippen molar-refractivity contribution in [1.82, 2.24) is 9.78 Å². The van der Waals surface area contributed by atoms with E-state index in [1.54, 1.807) is 0 Å². The number of alkyl halides is 3. The van der Waals surface area contributed by atoms with Crippen LogP contribution in [0.1, 0.15) is 40.2 Å². The Hall–Kier alpha value is -2.51. The average molecular weight is 354 g/mol. The molecule has 8 heteroatoms. The first-order valence-electron chi connectivity index (χ1n) is 7.98. The molecule has 1 aromatic heterocycles. The first kappa shape index (κ1) is 17.3. The molecule has 0 unspecified atom stereocenters. The summed E-state index contributed by atoms with van der Waals surface area (Å²) in [6.07, 6.45) is -1.85. The fraction of sp³-hybridized carbons (Fsp3) is 0.412. The van der Waals surface area contributed by atoms with Gasteiger partial charge in [0.25, 0.3) is 0 Å². The van der Waals surface area contributed by atoms with Gasteiger partial charge in [0.15, 0.2) is 5.69 Å². The standard InChI is InChI=1S/C17H17F3N2O3/c18-17(19,20)15-13-3-1-2-4-14(13)22(21-15)9-10-25-12-7-5-11(6-8-12)16(23)24/h5-8H,1-4,9-10H2,(H,23,24). The molecule has 5 nitrogen and oxygen atoms in total. The molecule has 0 bridgehead atoms. The Morgan fingerprint density at radius 3 is 2.52 bits per heavy atom. The molecule has 0 fully saturated rings. The van der Waals surface area contributed by atoms with Gasteiger partial charge in [-0.25, -0.2) is 4.79 Å². The van der Waals surface area contributed by atoms with E-state index in [9.17, 15) is 18.0 Å². The van der Waals surface area contributed by atoms with E-state index in [4.69, 9.17) is 9.84 Å². The van der Waals surface area contributed by atoms with E-state index in [1.165, 1.54) is 28.9 Å². The van der Waals surface area contributed by atoms with Crippen molar-refractivity contribution in [3.63, 3.8) is 0 Å². The van der Waals surface area contributed by atoms with E-state index in [0.29, 0.717) is 29.8 Å². The van der Waals surface area contributed by atoms with Crippen molar-refractivity contribution in [3.05, 3.63) is 46.8 Å². The highest BCUT2D eigenvalue weighted by atomic mass is 19.4. The number of carbonyl (C=O) groups is 1. The molecule has 134 valence electrons. The predicted molar refractivity (Wildman–Crippen MR) is 82.8 cm³/mol. The Morgan fingerprint density at radius 1 is 1.20 bits per heavy atom. The quantitative estimate of drug-likeness (QED) is 0.892. The first-order chi connectivity index (χ1) is 11.9. The van der Waals surface area contributed by atoms with Gasteiger partial charge in [0, 0.05) is 11.3 Å². The summed E-state index contributed by atoms with van der Waals surface area (Å²) < 4.78 is 46.3. The van der Waals surface area contributed by atoms with E-state index < -0.39 is 17.8 Å². The SMILES string of the molecule is O=C(O)c1ccc(OCCn2nc(C(F)(F)F)c3c2CCCC3)cc1. The van der Waals surface area contributed by atoms with Crippen molar-refractivity contribution in [1.29, 1.82) is 0 Å². The van der Waals surface area contributed by atoms with E-state index >= 15 is 0 Å². The molecule has 0 atom stereocenters. The van der Waals surface area contributed by atoms with Crippen LogP contribution in [-0.4, -0.2) is 27.5 Å². The molecule has 0 spiro atoms. The zero-order valence-corrected chi connectivity index (χ0v) is 13.3. The first-order valence-corrected chi connectivity index (χ1v) is 7.98. The second kappa shape index (κ2) is 6.78. The predicted octanol–water partition coefficient (Wildman–Crippen LogP) is 3.56. The van der Waals surface area contributed by atoms with Crippen LogP contribution in [0.2, 0.25) is 0 Å². The summed E-state index contributed by atoms with van der Waals surface area (Å²) in [5, 5.41) is 12.6. The monoisotopic (exact) mass is 354 g/mol. The zero-order chi connectivity index (χ0) is 18.0. The van der Waals surface area contributed by atoms with Crippen LogP contribution in [0, 0.1) is 0 Å². The molecule has 2 aromatic rings. The molecule has 1 heterocycles. The van der Waals surface area contributed by atoms with Crippen LogP contribution in [0.15, 0.2) is 24.3 Å². The molecular formula is C17H17F3N2O3. The second-order valence-corrected chi connectivity index (χ2v) is 5.88. The lowest BCUT2D eigenvalue weighted by Crippen LogP contribution is -2.14. The molecule has 0 saturated heterocycles. The maximum absolute atomic E-state index is 13.1.